The molecular formula is C23H27NO4. The first-order valence-electron chi connectivity index (χ1n) is 9.90. The van der Waals surface area contributed by atoms with Crippen LogP contribution in [-0.2, 0) is 14.3 Å². The number of fused-ring (bicyclic) bond motifs is 3. The molecule has 0 saturated heterocycles. The number of aliphatic carboxylic acids is 1. The molecule has 148 valence electrons. The average molecular weight is 381 g/mol. The molecule has 2 aromatic rings. The molecule has 3 rings (SSSR count). The molecule has 3 N–H and O–H groups in total. The zero-order chi connectivity index (χ0) is 19.9. The van der Waals surface area contributed by atoms with Crippen LogP contribution in [0.1, 0.15) is 55.6 Å². The lowest BCUT2D eigenvalue weighted by Crippen LogP contribution is -2.29. The Morgan fingerprint density at radius 3 is 2.11 bits per heavy atom. The maximum Gasteiger partial charge on any atom is 0.320 e. The number of carboxylic acid groups (broad SMARTS) is 1. The van der Waals surface area contributed by atoms with E-state index in [0.29, 0.717) is 19.4 Å². The summed E-state index contributed by atoms with van der Waals surface area (Å²) in [6, 6.07) is 15.8. The third-order valence-corrected chi connectivity index (χ3v) is 5.34. The third kappa shape index (κ3) is 4.78. The van der Waals surface area contributed by atoms with Crippen molar-refractivity contribution in [3.63, 3.8) is 0 Å². The molecular weight excluding hydrogens is 354 g/mol. The standard InChI is InChI=1S/C23H27NO4/c24-21(23(26)27)13-3-1-2-4-14-22(25)28-15-20-18-11-7-5-9-16(18)17-10-6-8-12-19(17)20/h5-12,20-21H,1-4,13-15,24H2,(H,26,27). The molecule has 28 heavy (non-hydrogen) atoms. The van der Waals surface area contributed by atoms with Gasteiger partial charge in [0.25, 0.3) is 0 Å². The zero-order valence-corrected chi connectivity index (χ0v) is 16.0. The number of carbonyl (C=O) groups excluding carboxylic acids is 1. The van der Waals surface area contributed by atoms with E-state index in [4.69, 9.17) is 15.6 Å². The van der Waals surface area contributed by atoms with Crippen molar-refractivity contribution in [2.75, 3.05) is 6.61 Å². The number of ether oxygens (including phenoxy) is 1. The molecule has 2 aromatic carbocycles. The predicted molar refractivity (Wildman–Crippen MR) is 108 cm³/mol. The maximum absolute atomic E-state index is 12.1. The van der Waals surface area contributed by atoms with Gasteiger partial charge in [0.1, 0.15) is 12.6 Å². The second kappa shape index (κ2) is 9.51. The SMILES string of the molecule is NC(CCCCCCC(=O)OCC1c2ccccc2-c2ccccc21)C(=O)O. The van der Waals surface area contributed by atoms with E-state index < -0.39 is 12.0 Å². The van der Waals surface area contributed by atoms with Crippen LogP contribution < -0.4 is 5.73 Å². The number of carbonyl (C=O) groups is 2. The second-order valence-electron chi connectivity index (χ2n) is 7.31. The molecule has 1 aliphatic rings. The van der Waals surface area contributed by atoms with Gasteiger partial charge in [-0.25, -0.2) is 0 Å². The monoisotopic (exact) mass is 381 g/mol. The molecule has 5 nitrogen and oxygen atoms in total. The van der Waals surface area contributed by atoms with Crippen LogP contribution in [0, 0.1) is 0 Å². The van der Waals surface area contributed by atoms with Crippen molar-refractivity contribution in [2.45, 2.75) is 50.5 Å². The van der Waals surface area contributed by atoms with E-state index in [2.05, 4.69) is 24.3 Å². The quantitative estimate of drug-likeness (QED) is 0.478. The Labute approximate surface area is 165 Å². The summed E-state index contributed by atoms with van der Waals surface area (Å²) >= 11 is 0. The van der Waals surface area contributed by atoms with Crippen molar-refractivity contribution in [2.24, 2.45) is 5.73 Å². The third-order valence-electron chi connectivity index (χ3n) is 5.34. The van der Waals surface area contributed by atoms with Crippen LogP contribution in [0.2, 0.25) is 0 Å². The number of unbranched alkanes of at least 4 members (excludes halogenated alkanes) is 3. The van der Waals surface area contributed by atoms with Crippen molar-refractivity contribution in [1.82, 2.24) is 0 Å². The molecule has 0 radical (unpaired) electrons. The molecule has 0 saturated carbocycles. The smallest absolute Gasteiger partial charge is 0.320 e. The van der Waals surface area contributed by atoms with Crippen LogP contribution in [0.4, 0.5) is 0 Å². The van der Waals surface area contributed by atoms with Crippen molar-refractivity contribution >= 4 is 11.9 Å². The molecule has 0 bridgehead atoms. The number of esters is 1. The summed E-state index contributed by atoms with van der Waals surface area (Å²) in [4.78, 5) is 22.8. The van der Waals surface area contributed by atoms with Crippen molar-refractivity contribution in [3.8, 4) is 11.1 Å². The minimum atomic E-state index is -0.960. The highest BCUT2D eigenvalue weighted by atomic mass is 16.5. The first-order valence-corrected chi connectivity index (χ1v) is 9.90. The van der Waals surface area contributed by atoms with Gasteiger partial charge < -0.3 is 15.6 Å². The fourth-order valence-corrected chi connectivity index (χ4v) is 3.80. The molecule has 0 spiro atoms. The summed E-state index contributed by atoms with van der Waals surface area (Å²) < 4.78 is 5.58. The van der Waals surface area contributed by atoms with E-state index in [0.717, 1.165) is 25.7 Å². The fourth-order valence-electron chi connectivity index (χ4n) is 3.80. The van der Waals surface area contributed by atoms with Gasteiger partial charge in [-0.2, -0.15) is 0 Å². The van der Waals surface area contributed by atoms with Gasteiger partial charge in [-0.15, -0.1) is 0 Å². The average Bonchev–Trinajstić information content (AvgIpc) is 3.02. The number of carboxylic acids is 1. The lowest BCUT2D eigenvalue weighted by molar-refractivity contribution is -0.144. The molecule has 0 amide bonds. The Morgan fingerprint density at radius 2 is 1.50 bits per heavy atom. The molecule has 1 atom stereocenters. The summed E-state index contributed by atoms with van der Waals surface area (Å²) in [5, 5.41) is 8.74. The molecule has 5 heteroatoms. The fraction of sp³-hybridized carbons (Fsp3) is 0.391. The summed E-state index contributed by atoms with van der Waals surface area (Å²) in [5.74, 6) is -1.04. The first kappa shape index (κ1) is 20.1. The summed E-state index contributed by atoms with van der Waals surface area (Å²) in [5.41, 5.74) is 10.3. The Balaban J connectivity index is 1.42. The number of hydrogen-bond donors (Lipinski definition) is 2. The lowest BCUT2D eigenvalue weighted by atomic mass is 9.98. The Kier molecular flexibility index (Phi) is 6.82. The molecule has 0 aromatic heterocycles. The number of benzene rings is 2. The van der Waals surface area contributed by atoms with E-state index in [-0.39, 0.29) is 11.9 Å². The topological polar surface area (TPSA) is 89.6 Å². The molecule has 0 fully saturated rings. The van der Waals surface area contributed by atoms with Gasteiger partial charge in [0.15, 0.2) is 0 Å². The van der Waals surface area contributed by atoms with E-state index in [1.54, 1.807) is 0 Å². The molecule has 1 aliphatic carbocycles. The van der Waals surface area contributed by atoms with Gasteiger partial charge in [0.05, 0.1) is 0 Å². The van der Waals surface area contributed by atoms with Crippen LogP contribution in [0.15, 0.2) is 48.5 Å². The van der Waals surface area contributed by atoms with Crippen molar-refractivity contribution in [1.29, 1.82) is 0 Å². The van der Waals surface area contributed by atoms with E-state index in [9.17, 15) is 9.59 Å². The lowest BCUT2D eigenvalue weighted by Gasteiger charge is -2.14. The van der Waals surface area contributed by atoms with Gasteiger partial charge in [-0.1, -0.05) is 67.8 Å². The zero-order valence-electron chi connectivity index (χ0n) is 16.0. The van der Waals surface area contributed by atoms with Crippen LogP contribution in [-0.4, -0.2) is 29.7 Å². The number of nitrogens with two attached hydrogens (primary N) is 1. The van der Waals surface area contributed by atoms with Gasteiger partial charge in [-0.05, 0) is 35.1 Å². The summed E-state index contributed by atoms with van der Waals surface area (Å²) in [7, 11) is 0. The first-order chi connectivity index (χ1) is 13.6. The van der Waals surface area contributed by atoms with E-state index in [1.165, 1.54) is 22.3 Å². The van der Waals surface area contributed by atoms with Gasteiger partial charge >= 0.3 is 11.9 Å². The Hall–Kier alpha value is -2.66. The van der Waals surface area contributed by atoms with Crippen LogP contribution in [0.25, 0.3) is 11.1 Å². The van der Waals surface area contributed by atoms with Crippen LogP contribution >= 0.6 is 0 Å². The molecule has 0 heterocycles. The van der Waals surface area contributed by atoms with Crippen molar-refractivity contribution < 1.29 is 19.4 Å². The molecule has 0 aliphatic heterocycles. The van der Waals surface area contributed by atoms with Crippen LogP contribution in [0.5, 0.6) is 0 Å². The Morgan fingerprint density at radius 1 is 0.929 bits per heavy atom. The normalized spacial score (nSPS) is 13.6. The Bertz CT molecular complexity index is 787. The highest BCUT2D eigenvalue weighted by molar-refractivity contribution is 5.79. The second-order valence-corrected chi connectivity index (χ2v) is 7.31. The number of hydrogen-bond acceptors (Lipinski definition) is 4. The highest BCUT2D eigenvalue weighted by Gasteiger charge is 2.28. The number of rotatable bonds is 10. The maximum atomic E-state index is 12.1. The van der Waals surface area contributed by atoms with E-state index >= 15 is 0 Å². The summed E-state index contributed by atoms with van der Waals surface area (Å²) in [6.45, 7) is 0.361. The van der Waals surface area contributed by atoms with Crippen LogP contribution in [0.3, 0.4) is 0 Å². The highest BCUT2D eigenvalue weighted by Crippen LogP contribution is 2.44. The largest absolute Gasteiger partial charge is 0.480 e. The van der Waals surface area contributed by atoms with Gasteiger partial charge in [-0.3, -0.25) is 9.59 Å². The minimum Gasteiger partial charge on any atom is -0.480 e. The molecule has 1 unspecified atom stereocenters. The predicted octanol–water partition coefficient (Wildman–Crippen LogP) is 4.09. The summed E-state index contributed by atoms with van der Waals surface area (Å²) in [6.07, 6.45) is 4.12. The van der Waals surface area contributed by atoms with E-state index in [1.807, 2.05) is 24.3 Å². The van der Waals surface area contributed by atoms with Gasteiger partial charge in [0, 0.05) is 12.3 Å². The minimum absolute atomic E-state index is 0.0915. The van der Waals surface area contributed by atoms with Crippen molar-refractivity contribution in [3.05, 3.63) is 59.7 Å². The van der Waals surface area contributed by atoms with Gasteiger partial charge in [0.2, 0.25) is 0 Å².